The fourth-order valence-electron chi connectivity index (χ4n) is 3.37. The minimum atomic E-state index is -4.07. The number of carbonyl (C=O) groups excluding carboxylic acids is 2. The number of carbonyl (C=O) groups is 2. The number of amides is 2. The second-order valence-electron chi connectivity index (χ2n) is 8.11. The van der Waals surface area contributed by atoms with Crippen LogP contribution < -0.4 is 15.4 Å². The van der Waals surface area contributed by atoms with E-state index in [1.165, 1.54) is 18.2 Å². The van der Waals surface area contributed by atoms with Crippen molar-refractivity contribution in [3.05, 3.63) is 87.9 Å². The van der Waals surface area contributed by atoms with Crippen LogP contribution in [-0.4, -0.2) is 26.8 Å². The minimum Gasteiger partial charge on any atom is -0.352 e. The minimum absolute atomic E-state index is 0.0185. The molecule has 0 aliphatic rings. The molecular weight excluding hydrogens is 486 g/mol. The van der Waals surface area contributed by atoms with E-state index in [0.29, 0.717) is 23.5 Å². The van der Waals surface area contributed by atoms with E-state index < -0.39 is 15.9 Å². The number of para-hydroxylation sites is 1. The molecule has 0 bridgehead atoms. The molecule has 0 radical (unpaired) electrons. The molecule has 0 saturated carbocycles. The van der Waals surface area contributed by atoms with Gasteiger partial charge >= 0.3 is 0 Å². The zero-order valence-corrected chi connectivity index (χ0v) is 21.4. The molecule has 0 aliphatic heterocycles. The molecule has 3 N–H and O–H groups in total. The van der Waals surface area contributed by atoms with E-state index in [2.05, 4.69) is 15.4 Å². The maximum Gasteiger partial charge on any atom is 0.263 e. The summed E-state index contributed by atoms with van der Waals surface area (Å²) in [7, 11) is -4.07. The van der Waals surface area contributed by atoms with Gasteiger partial charge in [-0.3, -0.25) is 14.3 Å². The van der Waals surface area contributed by atoms with Gasteiger partial charge in [0.2, 0.25) is 0 Å². The van der Waals surface area contributed by atoms with Crippen molar-refractivity contribution in [3.8, 4) is 0 Å². The summed E-state index contributed by atoms with van der Waals surface area (Å²) in [4.78, 5) is 25.3. The lowest BCUT2D eigenvalue weighted by Crippen LogP contribution is -2.26. The molecule has 3 aromatic carbocycles. The first-order chi connectivity index (χ1) is 16.6. The number of anilines is 2. The average Bonchev–Trinajstić information content (AvgIpc) is 2.82. The van der Waals surface area contributed by atoms with E-state index in [1.807, 2.05) is 26.8 Å². The monoisotopic (exact) mass is 513 g/mol. The maximum absolute atomic E-state index is 13.1. The molecule has 3 aromatic rings. The molecule has 2 amide bonds. The highest BCUT2D eigenvalue weighted by atomic mass is 35.5. The van der Waals surface area contributed by atoms with Crippen LogP contribution >= 0.6 is 11.6 Å². The first-order valence-corrected chi connectivity index (χ1v) is 13.1. The van der Waals surface area contributed by atoms with Crippen molar-refractivity contribution >= 4 is 44.8 Å². The van der Waals surface area contributed by atoms with E-state index in [4.69, 9.17) is 11.6 Å². The van der Waals surface area contributed by atoms with Crippen molar-refractivity contribution in [1.82, 2.24) is 5.32 Å². The molecule has 0 atom stereocenters. The molecule has 0 unspecified atom stereocenters. The molecule has 0 fully saturated rings. The van der Waals surface area contributed by atoms with Gasteiger partial charge < -0.3 is 10.6 Å². The lowest BCUT2D eigenvalue weighted by molar-refractivity contribution is 0.0954. The van der Waals surface area contributed by atoms with Crippen molar-refractivity contribution in [2.75, 3.05) is 16.6 Å². The predicted octanol–water partition coefficient (Wildman–Crippen LogP) is 5.54. The number of aryl methyl sites for hydroxylation is 1. The van der Waals surface area contributed by atoms with Gasteiger partial charge in [-0.25, -0.2) is 8.42 Å². The van der Waals surface area contributed by atoms with Gasteiger partial charge in [0.1, 0.15) is 4.90 Å². The first kappa shape index (κ1) is 26.2. The van der Waals surface area contributed by atoms with Gasteiger partial charge in [-0.15, -0.1) is 0 Å². The molecule has 0 aliphatic carbocycles. The van der Waals surface area contributed by atoms with E-state index in [0.717, 1.165) is 24.0 Å². The van der Waals surface area contributed by atoms with Crippen LogP contribution in [0.3, 0.4) is 0 Å². The zero-order valence-electron chi connectivity index (χ0n) is 19.8. The number of unbranched alkanes of at least 4 members (excludes halogenated alkanes) is 1. The molecular formula is C26H28ClN3O4S. The Bertz CT molecular complexity index is 1360. The summed E-state index contributed by atoms with van der Waals surface area (Å²) in [5.41, 5.74) is 2.86. The summed E-state index contributed by atoms with van der Waals surface area (Å²) in [6.07, 6.45) is 1.79. The zero-order chi connectivity index (χ0) is 25.6. The molecule has 7 nitrogen and oxygen atoms in total. The second kappa shape index (κ2) is 11.4. The largest absolute Gasteiger partial charge is 0.352 e. The number of nitrogens with one attached hydrogen (secondary N) is 3. The molecule has 0 aromatic heterocycles. The van der Waals surface area contributed by atoms with Gasteiger partial charge in [-0.1, -0.05) is 49.2 Å². The van der Waals surface area contributed by atoms with Crippen molar-refractivity contribution < 1.29 is 18.0 Å². The van der Waals surface area contributed by atoms with E-state index in [1.54, 1.807) is 36.4 Å². The Hall–Kier alpha value is -3.36. The highest BCUT2D eigenvalue weighted by Gasteiger charge is 2.22. The van der Waals surface area contributed by atoms with E-state index in [9.17, 15) is 18.0 Å². The summed E-state index contributed by atoms with van der Waals surface area (Å²) in [6, 6.07) is 15.9. The smallest absolute Gasteiger partial charge is 0.263 e. The van der Waals surface area contributed by atoms with Gasteiger partial charge in [0.05, 0.1) is 22.0 Å². The Balaban J connectivity index is 1.86. The SMILES string of the molecule is CCCCNC(=O)c1ccccc1NC(=O)c1ccc(Cl)c(S(=O)(=O)Nc2cccc(C)c2C)c1. The predicted molar refractivity (Wildman–Crippen MR) is 140 cm³/mol. The van der Waals surface area contributed by atoms with Gasteiger partial charge in [-0.2, -0.15) is 0 Å². The molecule has 9 heteroatoms. The third kappa shape index (κ3) is 6.41. The molecule has 0 spiro atoms. The van der Waals surface area contributed by atoms with Crippen LogP contribution in [0.2, 0.25) is 5.02 Å². The average molecular weight is 514 g/mol. The van der Waals surface area contributed by atoms with Crippen molar-refractivity contribution in [2.45, 2.75) is 38.5 Å². The number of benzene rings is 3. The van der Waals surface area contributed by atoms with Gasteiger partial charge in [0.25, 0.3) is 21.8 Å². The molecule has 0 saturated heterocycles. The number of halogens is 1. The van der Waals surface area contributed by atoms with E-state index >= 15 is 0 Å². The van der Waals surface area contributed by atoms with Gasteiger partial charge in [0.15, 0.2) is 0 Å². The Morgan fingerprint density at radius 3 is 2.37 bits per heavy atom. The molecule has 35 heavy (non-hydrogen) atoms. The maximum atomic E-state index is 13.1. The van der Waals surface area contributed by atoms with Gasteiger partial charge in [0, 0.05) is 12.1 Å². The topological polar surface area (TPSA) is 104 Å². The third-order valence-corrected chi connectivity index (χ3v) is 7.41. The number of rotatable bonds is 9. The van der Waals surface area contributed by atoms with Crippen LogP contribution in [0, 0.1) is 13.8 Å². The van der Waals surface area contributed by atoms with Crippen LogP contribution in [-0.2, 0) is 10.0 Å². The van der Waals surface area contributed by atoms with Gasteiger partial charge in [-0.05, 0) is 67.8 Å². The fraction of sp³-hybridized carbons (Fsp3) is 0.231. The standard InChI is InChI=1S/C26H28ClN3O4S/c1-4-5-15-28-26(32)20-10-6-7-11-23(20)29-25(31)19-13-14-21(27)24(16-19)35(33,34)30-22-12-8-9-17(2)18(22)3/h6-14,16,30H,4-5,15H2,1-3H3,(H,28,32)(H,29,31). The Morgan fingerprint density at radius 1 is 0.914 bits per heavy atom. The summed E-state index contributed by atoms with van der Waals surface area (Å²) in [6.45, 7) is 6.25. The number of hydrogen-bond donors (Lipinski definition) is 3. The fourth-order valence-corrected chi connectivity index (χ4v) is 5.02. The highest BCUT2D eigenvalue weighted by molar-refractivity contribution is 7.92. The van der Waals surface area contributed by atoms with Crippen LogP contribution in [0.15, 0.2) is 65.6 Å². The summed E-state index contributed by atoms with van der Waals surface area (Å²) in [5.74, 6) is -0.870. The van der Waals surface area contributed by atoms with E-state index in [-0.39, 0.29) is 21.4 Å². The Morgan fingerprint density at radius 2 is 1.63 bits per heavy atom. The highest BCUT2D eigenvalue weighted by Crippen LogP contribution is 2.28. The van der Waals surface area contributed by atoms with Crippen molar-refractivity contribution in [2.24, 2.45) is 0 Å². The molecule has 3 rings (SSSR count). The lowest BCUT2D eigenvalue weighted by atomic mass is 10.1. The van der Waals surface area contributed by atoms with Crippen LogP contribution in [0.1, 0.15) is 51.6 Å². The Labute approximate surface area is 211 Å². The molecule has 0 heterocycles. The lowest BCUT2D eigenvalue weighted by Gasteiger charge is -2.14. The van der Waals surface area contributed by atoms with Crippen LogP contribution in [0.4, 0.5) is 11.4 Å². The van der Waals surface area contributed by atoms with Crippen LogP contribution in [0.25, 0.3) is 0 Å². The number of hydrogen-bond acceptors (Lipinski definition) is 4. The summed E-state index contributed by atoms with van der Waals surface area (Å²) in [5, 5.41) is 5.51. The first-order valence-electron chi connectivity index (χ1n) is 11.2. The van der Waals surface area contributed by atoms with Crippen LogP contribution in [0.5, 0.6) is 0 Å². The summed E-state index contributed by atoms with van der Waals surface area (Å²) < 4.78 is 28.8. The Kier molecular flexibility index (Phi) is 8.53. The second-order valence-corrected chi connectivity index (χ2v) is 10.2. The third-order valence-electron chi connectivity index (χ3n) is 5.57. The number of sulfonamides is 1. The summed E-state index contributed by atoms with van der Waals surface area (Å²) >= 11 is 6.21. The molecule has 184 valence electrons. The quantitative estimate of drug-likeness (QED) is 0.327. The van der Waals surface area contributed by atoms with Crippen molar-refractivity contribution in [3.63, 3.8) is 0 Å². The van der Waals surface area contributed by atoms with Crippen molar-refractivity contribution in [1.29, 1.82) is 0 Å². The normalized spacial score (nSPS) is 11.1.